The van der Waals surface area contributed by atoms with E-state index in [1.165, 1.54) is 36.2 Å². The Morgan fingerprint density at radius 3 is 2.25 bits per heavy atom. The molecule has 10 nitrogen and oxygen atoms in total. The largest absolute Gasteiger partial charge is 0.454 e. The summed E-state index contributed by atoms with van der Waals surface area (Å²) >= 11 is 0. The van der Waals surface area contributed by atoms with Gasteiger partial charge in [0.2, 0.25) is 18.6 Å². The Morgan fingerprint density at radius 1 is 0.863 bits per heavy atom. The molecule has 51 heavy (non-hydrogen) atoms. The Hall–Kier alpha value is -5.51. The van der Waals surface area contributed by atoms with E-state index in [2.05, 4.69) is 15.2 Å². The molecule has 2 amide bonds. The van der Waals surface area contributed by atoms with Crippen LogP contribution in [0.25, 0.3) is 0 Å². The quantitative estimate of drug-likeness (QED) is 0.192. The third-order valence-corrected chi connectivity index (χ3v) is 8.32. The van der Waals surface area contributed by atoms with E-state index in [4.69, 9.17) is 14.2 Å². The average molecular weight is 716 g/mol. The number of pyridine rings is 1. The summed E-state index contributed by atoms with van der Waals surface area (Å²) in [6, 6.07) is 15.5. The van der Waals surface area contributed by atoms with Crippen molar-refractivity contribution in [2.45, 2.75) is 18.9 Å². The molecule has 3 heterocycles. The first-order valence-corrected chi connectivity index (χ1v) is 15.7. The summed E-state index contributed by atoms with van der Waals surface area (Å²) in [5.41, 5.74) is -0.905. The van der Waals surface area contributed by atoms with Crippen molar-refractivity contribution >= 4 is 23.2 Å². The number of benzene rings is 3. The van der Waals surface area contributed by atoms with Gasteiger partial charge in [0.1, 0.15) is 5.75 Å². The van der Waals surface area contributed by atoms with Crippen molar-refractivity contribution in [1.82, 2.24) is 14.8 Å². The van der Waals surface area contributed by atoms with Crippen molar-refractivity contribution in [1.29, 1.82) is 0 Å². The first kappa shape index (κ1) is 35.3. The summed E-state index contributed by atoms with van der Waals surface area (Å²) in [5, 5.41) is 2.45. The molecule has 1 N–H and O–H groups in total. The lowest BCUT2D eigenvalue weighted by atomic mass is 10.1. The molecule has 2 aliphatic heterocycles. The summed E-state index contributed by atoms with van der Waals surface area (Å²) in [5.74, 6) is 0.128. The summed E-state index contributed by atoms with van der Waals surface area (Å²) < 4.78 is 97.3. The van der Waals surface area contributed by atoms with Crippen LogP contribution in [0, 0.1) is 0 Å². The summed E-state index contributed by atoms with van der Waals surface area (Å²) in [4.78, 5) is 34.7. The molecule has 0 radical (unpaired) electrons. The van der Waals surface area contributed by atoms with Gasteiger partial charge in [0, 0.05) is 63.4 Å². The van der Waals surface area contributed by atoms with Crippen LogP contribution in [0.15, 0.2) is 79.0 Å². The fourth-order valence-electron chi connectivity index (χ4n) is 5.62. The van der Waals surface area contributed by atoms with E-state index < -0.39 is 29.4 Å². The molecule has 4 aromatic rings. The number of ether oxygens (including phenoxy) is 3. The van der Waals surface area contributed by atoms with Gasteiger partial charge >= 0.3 is 12.4 Å². The van der Waals surface area contributed by atoms with Crippen LogP contribution in [0.1, 0.15) is 27.0 Å². The van der Waals surface area contributed by atoms with Crippen molar-refractivity contribution < 1.29 is 50.1 Å². The number of piperazine rings is 1. The smallest absolute Gasteiger partial charge is 0.418 e. The summed E-state index contributed by atoms with van der Waals surface area (Å²) in [6.07, 6.45) is -8.18. The molecule has 0 atom stereocenters. The van der Waals surface area contributed by atoms with E-state index in [0.29, 0.717) is 44.2 Å². The van der Waals surface area contributed by atoms with Crippen LogP contribution in [-0.2, 0) is 23.7 Å². The zero-order valence-corrected chi connectivity index (χ0v) is 27.1. The lowest BCUT2D eigenvalue weighted by Gasteiger charge is -2.36. The van der Waals surface area contributed by atoms with Crippen LogP contribution in [-0.4, -0.2) is 73.2 Å². The topological polar surface area (TPSA) is 96.5 Å². The van der Waals surface area contributed by atoms with Crippen molar-refractivity contribution in [3.63, 3.8) is 0 Å². The minimum Gasteiger partial charge on any atom is -0.454 e. The molecule has 1 aromatic heterocycles. The molecular weight excluding hydrogens is 684 g/mol. The number of halogens is 6. The molecular formula is C35H31F6N5O5. The summed E-state index contributed by atoms with van der Waals surface area (Å²) in [6.45, 7) is 2.63. The van der Waals surface area contributed by atoms with Crippen LogP contribution in [0.2, 0.25) is 0 Å². The van der Waals surface area contributed by atoms with Gasteiger partial charge < -0.3 is 29.3 Å². The molecule has 0 saturated carbocycles. The second-order valence-corrected chi connectivity index (χ2v) is 11.9. The number of nitrogens with one attached hydrogen (secondary N) is 1. The van der Waals surface area contributed by atoms with E-state index in [0.717, 1.165) is 42.1 Å². The number of fused-ring (bicyclic) bond motifs is 1. The third-order valence-electron chi connectivity index (χ3n) is 8.32. The number of alkyl halides is 6. The second kappa shape index (κ2) is 14.4. The molecule has 1 fully saturated rings. The second-order valence-electron chi connectivity index (χ2n) is 11.9. The first-order valence-electron chi connectivity index (χ1n) is 15.7. The molecule has 0 spiro atoms. The minimum atomic E-state index is -4.78. The van der Waals surface area contributed by atoms with Gasteiger partial charge in [-0.2, -0.15) is 26.3 Å². The van der Waals surface area contributed by atoms with Gasteiger partial charge in [-0.1, -0.05) is 6.07 Å². The normalized spacial score (nSPS) is 14.7. The lowest BCUT2D eigenvalue weighted by molar-refractivity contribution is -0.138. The molecule has 268 valence electrons. The number of carbonyl (C=O) groups excluding carboxylic acids is 2. The van der Waals surface area contributed by atoms with Gasteiger partial charge in [0.05, 0.1) is 23.2 Å². The number of carbonyl (C=O) groups is 2. The monoisotopic (exact) mass is 715 g/mol. The van der Waals surface area contributed by atoms with E-state index in [1.807, 2.05) is 18.2 Å². The molecule has 1 saturated heterocycles. The van der Waals surface area contributed by atoms with Crippen molar-refractivity contribution in [2.24, 2.45) is 0 Å². The average Bonchev–Trinajstić information content (AvgIpc) is 3.56. The Morgan fingerprint density at radius 2 is 1.59 bits per heavy atom. The first-order chi connectivity index (χ1) is 24.2. The number of anilines is 2. The Labute approximate surface area is 288 Å². The van der Waals surface area contributed by atoms with E-state index >= 15 is 0 Å². The number of rotatable bonds is 9. The molecule has 3 aromatic carbocycles. The third kappa shape index (κ3) is 8.63. The van der Waals surface area contributed by atoms with Gasteiger partial charge in [-0.25, -0.2) is 4.98 Å². The van der Waals surface area contributed by atoms with E-state index in [-0.39, 0.29) is 47.8 Å². The highest BCUT2D eigenvalue weighted by Crippen LogP contribution is 2.39. The Balaban J connectivity index is 1.04. The van der Waals surface area contributed by atoms with Gasteiger partial charge in [0.15, 0.2) is 11.5 Å². The number of amides is 2. The number of hydrogen-bond donors (Lipinski definition) is 1. The van der Waals surface area contributed by atoms with Gasteiger partial charge in [0.25, 0.3) is 5.91 Å². The predicted molar refractivity (Wildman–Crippen MR) is 173 cm³/mol. The van der Waals surface area contributed by atoms with Gasteiger partial charge in [-0.15, -0.1) is 0 Å². The number of likely N-dealkylation sites (N-methyl/N-ethyl adjacent to an activating group) is 1. The van der Waals surface area contributed by atoms with Crippen molar-refractivity contribution in [2.75, 3.05) is 56.8 Å². The number of hydrogen-bond acceptors (Lipinski definition) is 8. The standard InChI is InChI=1S/C35H31F6N5O5/c1-44(20-32(47)46-14-12-45(13-15-46)19-22-2-10-29-30(16-22)50-21-49-29)28-9-8-26(17-27(28)35(39,40)41)51-31-11-3-23(18-42-31)33(48)43-25-6-4-24(5-7-25)34(36,37)38/h2-11,16-18H,12-15,19-21H2,1H3,(H,43,48). The molecule has 6 rings (SSSR count). The Bertz CT molecular complexity index is 1880. The van der Waals surface area contributed by atoms with Crippen LogP contribution >= 0.6 is 0 Å². The minimum absolute atomic E-state index is 0.0333. The van der Waals surface area contributed by atoms with E-state index in [1.54, 1.807) is 4.90 Å². The van der Waals surface area contributed by atoms with E-state index in [9.17, 15) is 35.9 Å². The zero-order chi connectivity index (χ0) is 36.3. The zero-order valence-electron chi connectivity index (χ0n) is 27.1. The van der Waals surface area contributed by atoms with Crippen LogP contribution in [0.3, 0.4) is 0 Å². The maximum atomic E-state index is 14.2. The lowest BCUT2D eigenvalue weighted by Crippen LogP contribution is -2.50. The number of nitrogens with zero attached hydrogens (tertiary/aromatic N) is 4. The van der Waals surface area contributed by atoms with Crippen LogP contribution < -0.4 is 24.4 Å². The van der Waals surface area contributed by atoms with Crippen LogP contribution in [0.4, 0.5) is 37.7 Å². The molecule has 2 aliphatic rings. The molecule has 0 aliphatic carbocycles. The molecule has 16 heteroatoms. The molecule has 0 unspecified atom stereocenters. The fourth-order valence-corrected chi connectivity index (χ4v) is 5.62. The van der Waals surface area contributed by atoms with Gasteiger partial charge in [-0.3, -0.25) is 14.5 Å². The van der Waals surface area contributed by atoms with Crippen molar-refractivity contribution in [3.05, 3.63) is 101 Å². The molecule has 0 bridgehead atoms. The van der Waals surface area contributed by atoms with Gasteiger partial charge in [-0.05, 0) is 66.2 Å². The summed E-state index contributed by atoms with van der Waals surface area (Å²) in [7, 11) is 1.41. The highest BCUT2D eigenvalue weighted by Gasteiger charge is 2.36. The van der Waals surface area contributed by atoms with Crippen LogP contribution in [0.5, 0.6) is 23.1 Å². The highest BCUT2D eigenvalue weighted by atomic mass is 19.4. The maximum absolute atomic E-state index is 14.2. The predicted octanol–water partition coefficient (Wildman–Crippen LogP) is 6.67. The Kier molecular flexibility index (Phi) is 9.96. The number of aromatic nitrogens is 1. The fraction of sp³-hybridized carbons (Fsp3) is 0.286. The highest BCUT2D eigenvalue weighted by molar-refractivity contribution is 6.04. The maximum Gasteiger partial charge on any atom is 0.418 e. The SMILES string of the molecule is CN(CC(=O)N1CCN(Cc2ccc3c(c2)OCO3)CC1)c1ccc(Oc2ccc(C(=O)Nc3ccc(C(F)(F)F)cc3)cn2)cc1C(F)(F)F. The van der Waals surface area contributed by atoms with Crippen molar-refractivity contribution in [3.8, 4) is 23.1 Å².